The Morgan fingerprint density at radius 1 is 1.11 bits per heavy atom. The zero-order valence-electron chi connectivity index (χ0n) is 19.5. The van der Waals surface area contributed by atoms with Crippen LogP contribution in [0.4, 0.5) is 19.0 Å². The Bertz CT molecular complexity index is 1410. The molecule has 2 atom stereocenters. The van der Waals surface area contributed by atoms with Crippen molar-refractivity contribution in [1.29, 1.82) is 0 Å². The summed E-state index contributed by atoms with van der Waals surface area (Å²) >= 11 is 12.5. The first kappa shape index (κ1) is 25.2. The number of hydrogen-bond acceptors (Lipinski definition) is 6. The van der Waals surface area contributed by atoms with Gasteiger partial charge in [0.2, 0.25) is 5.28 Å². The topological polar surface area (TPSA) is 67.7 Å². The van der Waals surface area contributed by atoms with E-state index < -0.39 is 19.3 Å². The van der Waals surface area contributed by atoms with E-state index in [1.54, 1.807) is 18.5 Å². The number of nitrogens with zero attached hydrogens (tertiary/aromatic N) is 6. The van der Waals surface area contributed by atoms with Crippen LogP contribution in [0.15, 0.2) is 36.8 Å². The van der Waals surface area contributed by atoms with Gasteiger partial charge in [-0.15, -0.1) is 0 Å². The van der Waals surface area contributed by atoms with E-state index in [0.717, 1.165) is 42.1 Å². The van der Waals surface area contributed by atoms with Gasteiger partial charge in [0.15, 0.2) is 5.57 Å². The molecule has 0 N–H and O–H groups in total. The number of benzene rings is 1. The van der Waals surface area contributed by atoms with Crippen LogP contribution in [0.1, 0.15) is 49.0 Å². The molecule has 0 radical (unpaired) electrons. The highest BCUT2D eigenvalue weighted by molar-refractivity contribution is 7.58. The molecule has 3 aromatic heterocycles. The molecule has 2 unspecified atom stereocenters. The molecule has 0 aliphatic heterocycles. The van der Waals surface area contributed by atoms with E-state index in [-0.39, 0.29) is 27.3 Å². The van der Waals surface area contributed by atoms with Gasteiger partial charge in [0.05, 0.1) is 27.6 Å². The molecule has 12 heteroatoms. The molecule has 0 bridgehead atoms. The highest BCUT2D eigenvalue weighted by atomic mass is 35.5. The largest absolute Gasteiger partial charge is 0.416 e. The Labute approximate surface area is 217 Å². The SMILES string of the molecule is CCc1cnc(C(C)N(CC2CC2)c2nc(Cl)nc3c(Cl)cc(C(F)(F)F)cc23)p1-c1ncccn1. The molecule has 36 heavy (non-hydrogen) atoms. The van der Waals surface area contributed by atoms with Gasteiger partial charge < -0.3 is 4.90 Å². The second-order valence-electron chi connectivity index (χ2n) is 8.79. The quantitative estimate of drug-likeness (QED) is 0.219. The van der Waals surface area contributed by atoms with E-state index in [1.807, 2.05) is 18.0 Å². The molecule has 6 nitrogen and oxygen atoms in total. The minimum atomic E-state index is -4.57. The summed E-state index contributed by atoms with van der Waals surface area (Å²) in [5.74, 6) is 0.714. The average molecular weight is 553 g/mol. The summed E-state index contributed by atoms with van der Waals surface area (Å²) in [6, 6.07) is 3.38. The minimum Gasteiger partial charge on any atom is -0.347 e. The minimum absolute atomic E-state index is 0.0819. The molecular weight excluding hydrogens is 531 g/mol. The van der Waals surface area contributed by atoms with Gasteiger partial charge >= 0.3 is 6.18 Å². The maximum atomic E-state index is 13.7. The standard InChI is InChI=1S/C24H22Cl2F3N6P/c1-3-16-11-32-21(36(16)23-30-7-4-8-31-23)13(2)35(12-14-5-6-14)20-17-9-15(24(27,28)29)10-18(25)19(17)33-22(26)34-20/h4,7-11,13-14H,3,5-6,12H2,1-2H3. The Kier molecular flexibility index (Phi) is 6.83. The second-order valence-corrected chi connectivity index (χ2v) is 11.6. The number of aryl methyl sites for hydroxylation is 1. The normalized spacial score (nSPS) is 15.4. The first-order chi connectivity index (χ1) is 17.2. The van der Waals surface area contributed by atoms with E-state index >= 15 is 0 Å². The third-order valence-corrected chi connectivity index (χ3v) is 9.32. The lowest BCUT2D eigenvalue weighted by atomic mass is 10.1. The lowest BCUT2D eigenvalue weighted by molar-refractivity contribution is -0.137. The van der Waals surface area contributed by atoms with Gasteiger partial charge in [-0.3, -0.25) is 4.98 Å². The highest BCUT2D eigenvalue weighted by Crippen LogP contribution is 2.50. The fourth-order valence-electron chi connectivity index (χ4n) is 4.26. The van der Waals surface area contributed by atoms with Crippen LogP contribution in [0.2, 0.25) is 10.3 Å². The van der Waals surface area contributed by atoms with Crippen molar-refractivity contribution in [3.05, 3.63) is 63.4 Å². The van der Waals surface area contributed by atoms with E-state index in [1.165, 1.54) is 0 Å². The van der Waals surface area contributed by atoms with E-state index in [0.29, 0.717) is 23.8 Å². The van der Waals surface area contributed by atoms with E-state index in [4.69, 9.17) is 28.2 Å². The lowest BCUT2D eigenvalue weighted by Crippen LogP contribution is -2.30. The van der Waals surface area contributed by atoms with Crippen molar-refractivity contribution >= 4 is 47.5 Å². The molecule has 3 heterocycles. The van der Waals surface area contributed by atoms with Crippen molar-refractivity contribution in [2.45, 2.75) is 45.3 Å². The molecule has 188 valence electrons. The molecule has 4 aromatic rings. The maximum absolute atomic E-state index is 13.7. The van der Waals surface area contributed by atoms with Gasteiger partial charge in [-0.05, 0) is 74.7 Å². The molecule has 5 rings (SSSR count). The van der Waals surface area contributed by atoms with Gasteiger partial charge in [-0.25, -0.2) is 15.0 Å². The lowest BCUT2D eigenvalue weighted by Gasteiger charge is -2.31. The summed E-state index contributed by atoms with van der Waals surface area (Å²) in [5, 5.41) is 1.13. The Morgan fingerprint density at radius 2 is 1.83 bits per heavy atom. The van der Waals surface area contributed by atoms with Crippen molar-refractivity contribution in [1.82, 2.24) is 24.9 Å². The number of anilines is 1. The summed E-state index contributed by atoms with van der Waals surface area (Å²) in [4.78, 5) is 24.4. The van der Waals surface area contributed by atoms with Crippen LogP contribution in [0.5, 0.6) is 0 Å². The maximum Gasteiger partial charge on any atom is 0.416 e. The van der Waals surface area contributed by atoms with Gasteiger partial charge in [0.1, 0.15) is 5.82 Å². The molecule has 1 aliphatic rings. The van der Waals surface area contributed by atoms with Crippen molar-refractivity contribution in [3.63, 3.8) is 0 Å². The number of alkyl halides is 3. The first-order valence-corrected chi connectivity index (χ1v) is 13.6. The van der Waals surface area contributed by atoms with Crippen molar-refractivity contribution in [2.75, 3.05) is 11.4 Å². The number of aromatic nitrogens is 5. The van der Waals surface area contributed by atoms with Crippen LogP contribution in [0.3, 0.4) is 0 Å². The Hall–Kier alpha value is -2.48. The molecule has 1 aliphatic carbocycles. The molecule has 1 fully saturated rings. The van der Waals surface area contributed by atoms with Gasteiger partial charge in [0.25, 0.3) is 0 Å². The number of hydrogen-bond donors (Lipinski definition) is 0. The third kappa shape index (κ3) is 4.89. The third-order valence-electron chi connectivity index (χ3n) is 6.28. The fraction of sp³-hybridized carbons (Fsp3) is 0.375. The van der Waals surface area contributed by atoms with Crippen LogP contribution in [-0.4, -0.2) is 31.5 Å². The van der Waals surface area contributed by atoms with Gasteiger partial charge in [-0.1, -0.05) is 18.5 Å². The summed E-state index contributed by atoms with van der Waals surface area (Å²) in [6.45, 7) is 4.65. The van der Waals surface area contributed by atoms with E-state index in [2.05, 4.69) is 26.9 Å². The molecular formula is C24H22Cl2F3N6P. The summed E-state index contributed by atoms with van der Waals surface area (Å²) < 4.78 is 41.0. The first-order valence-electron chi connectivity index (χ1n) is 11.5. The zero-order valence-corrected chi connectivity index (χ0v) is 21.9. The number of rotatable bonds is 7. The number of fused-ring (bicyclic) bond motifs is 1. The van der Waals surface area contributed by atoms with Crippen molar-refractivity contribution in [2.24, 2.45) is 5.92 Å². The average Bonchev–Trinajstić information content (AvgIpc) is 3.57. The van der Waals surface area contributed by atoms with Crippen molar-refractivity contribution in [3.8, 4) is 5.57 Å². The van der Waals surface area contributed by atoms with E-state index in [9.17, 15) is 13.2 Å². The van der Waals surface area contributed by atoms with Crippen molar-refractivity contribution < 1.29 is 13.2 Å². The predicted molar refractivity (Wildman–Crippen MR) is 136 cm³/mol. The predicted octanol–water partition coefficient (Wildman–Crippen LogP) is 7.66. The van der Waals surface area contributed by atoms with Crippen LogP contribution in [-0.2, 0) is 12.6 Å². The zero-order chi connectivity index (χ0) is 25.6. The van der Waals surface area contributed by atoms with Crippen LogP contribution >= 0.6 is 30.7 Å². The smallest absolute Gasteiger partial charge is 0.347 e. The summed E-state index contributed by atoms with van der Waals surface area (Å²) in [7, 11) is -1.05. The monoisotopic (exact) mass is 552 g/mol. The molecule has 1 saturated carbocycles. The second kappa shape index (κ2) is 9.77. The van der Waals surface area contributed by atoms with Crippen LogP contribution in [0.25, 0.3) is 16.5 Å². The summed E-state index contributed by atoms with van der Waals surface area (Å²) in [6.07, 6.45) is 3.58. The molecule has 0 saturated heterocycles. The Balaban J connectivity index is 1.70. The highest BCUT2D eigenvalue weighted by Gasteiger charge is 2.35. The Morgan fingerprint density at radius 3 is 2.47 bits per heavy atom. The molecule has 0 amide bonds. The van der Waals surface area contributed by atoms with Crippen LogP contribution < -0.4 is 4.90 Å². The van der Waals surface area contributed by atoms with Crippen LogP contribution in [0, 0.1) is 5.92 Å². The fourth-order valence-corrected chi connectivity index (χ4v) is 6.98. The molecule has 1 aromatic carbocycles. The summed E-state index contributed by atoms with van der Waals surface area (Å²) in [5.41, 5.74) is 0.888. The van der Waals surface area contributed by atoms with Gasteiger partial charge in [0, 0.05) is 30.5 Å². The van der Waals surface area contributed by atoms with Gasteiger partial charge in [-0.2, -0.15) is 18.2 Å². The number of halogens is 5. The molecule has 0 spiro atoms.